The van der Waals surface area contributed by atoms with Crippen LogP contribution in [0.4, 0.5) is 0 Å². The van der Waals surface area contributed by atoms with Crippen molar-refractivity contribution in [2.24, 2.45) is 0 Å². The van der Waals surface area contributed by atoms with E-state index in [0.29, 0.717) is 28.6 Å². The van der Waals surface area contributed by atoms with Crippen LogP contribution < -0.4 is 5.56 Å². The van der Waals surface area contributed by atoms with Gasteiger partial charge in [0.1, 0.15) is 5.82 Å². The van der Waals surface area contributed by atoms with Gasteiger partial charge in [0.25, 0.3) is 5.56 Å². The highest BCUT2D eigenvalue weighted by Gasteiger charge is 2.29. The number of fused-ring (bicyclic) bond motifs is 3. The van der Waals surface area contributed by atoms with E-state index in [1.165, 1.54) is 0 Å². The molecular weight excluding hydrogens is 466 g/mol. The molecule has 7 heteroatoms. The normalized spacial score (nSPS) is 14.2. The van der Waals surface area contributed by atoms with Gasteiger partial charge in [-0.05, 0) is 37.1 Å². The van der Waals surface area contributed by atoms with Crippen LogP contribution in [0.5, 0.6) is 0 Å². The number of aryl methyl sites for hydroxylation is 1. The summed E-state index contributed by atoms with van der Waals surface area (Å²) in [6, 6.07) is 21.3. The van der Waals surface area contributed by atoms with Crippen LogP contribution in [0.1, 0.15) is 57.5 Å². The van der Waals surface area contributed by atoms with Crippen molar-refractivity contribution in [3.05, 3.63) is 112 Å². The van der Waals surface area contributed by atoms with Gasteiger partial charge in [-0.1, -0.05) is 55.0 Å². The van der Waals surface area contributed by atoms with Gasteiger partial charge in [-0.25, -0.2) is 9.78 Å². The number of nitrogens with zero attached hydrogens (tertiary/aromatic N) is 2. The number of carbonyl (C=O) groups is 2. The second-order valence-electron chi connectivity index (χ2n) is 9.34. The van der Waals surface area contributed by atoms with Gasteiger partial charge < -0.3 is 9.72 Å². The molecular formula is C30H25N3O4. The number of esters is 1. The van der Waals surface area contributed by atoms with Crippen LogP contribution in [0.25, 0.3) is 21.8 Å². The highest BCUT2D eigenvalue weighted by Crippen LogP contribution is 2.28. The Balaban J connectivity index is 1.36. The van der Waals surface area contributed by atoms with Crippen LogP contribution >= 0.6 is 0 Å². The van der Waals surface area contributed by atoms with Crippen molar-refractivity contribution >= 4 is 33.6 Å². The zero-order valence-electron chi connectivity index (χ0n) is 20.1. The molecule has 0 saturated carbocycles. The van der Waals surface area contributed by atoms with E-state index in [1.807, 2.05) is 30.3 Å². The highest BCUT2D eigenvalue weighted by molar-refractivity contribution is 6.11. The van der Waals surface area contributed by atoms with E-state index >= 15 is 0 Å². The Hall–Kier alpha value is -4.52. The second kappa shape index (κ2) is 9.50. The number of benzene rings is 3. The number of hydrogen-bond donors (Lipinski definition) is 1. The fourth-order valence-corrected chi connectivity index (χ4v) is 5.04. The van der Waals surface area contributed by atoms with E-state index in [4.69, 9.17) is 9.72 Å². The summed E-state index contributed by atoms with van der Waals surface area (Å²) in [4.78, 5) is 47.9. The standard InChI is InChI=1S/C30H25N3O4/c34-27(23-18-31-24-12-7-6-11-21(23)24)28(19-9-3-1-4-10-19)37-30(36)20-14-15-22-25(17-20)32-26-13-5-2-8-16-33(26)29(22)35/h1,3-4,6-7,9-12,14-15,17-18,28,31H,2,5,8,13,16H2/t28-/m1/s1. The van der Waals surface area contributed by atoms with Crippen LogP contribution in [0.2, 0.25) is 0 Å². The lowest BCUT2D eigenvalue weighted by molar-refractivity contribution is 0.0281. The number of aromatic nitrogens is 3. The Kier molecular flexibility index (Phi) is 5.88. The number of aromatic amines is 1. The molecule has 0 spiro atoms. The molecule has 7 nitrogen and oxygen atoms in total. The molecule has 1 N–H and O–H groups in total. The average molecular weight is 492 g/mol. The number of ether oxygens (including phenoxy) is 1. The van der Waals surface area contributed by atoms with E-state index in [9.17, 15) is 14.4 Å². The Bertz CT molecular complexity index is 1700. The average Bonchev–Trinajstić information content (AvgIpc) is 3.22. The molecule has 2 aromatic heterocycles. The van der Waals surface area contributed by atoms with Crippen molar-refractivity contribution in [2.45, 2.75) is 38.3 Å². The van der Waals surface area contributed by atoms with Crippen LogP contribution in [0.15, 0.2) is 83.8 Å². The van der Waals surface area contributed by atoms with E-state index < -0.39 is 12.1 Å². The van der Waals surface area contributed by atoms with Crippen molar-refractivity contribution in [3.63, 3.8) is 0 Å². The molecule has 1 atom stereocenters. The summed E-state index contributed by atoms with van der Waals surface area (Å²) in [7, 11) is 0. The number of para-hydroxylation sites is 1. The second-order valence-corrected chi connectivity index (χ2v) is 9.34. The van der Waals surface area contributed by atoms with E-state index in [1.54, 1.807) is 53.2 Å². The van der Waals surface area contributed by atoms with Crippen LogP contribution in [0.3, 0.4) is 0 Å². The Morgan fingerprint density at radius 1 is 0.919 bits per heavy atom. The first-order valence-corrected chi connectivity index (χ1v) is 12.5. The van der Waals surface area contributed by atoms with Gasteiger partial charge in [0.2, 0.25) is 5.78 Å². The summed E-state index contributed by atoms with van der Waals surface area (Å²) in [5.41, 5.74) is 2.48. The zero-order valence-corrected chi connectivity index (χ0v) is 20.1. The van der Waals surface area contributed by atoms with E-state index in [2.05, 4.69) is 4.98 Å². The minimum atomic E-state index is -1.13. The quantitative estimate of drug-likeness (QED) is 0.263. The Morgan fingerprint density at radius 2 is 1.73 bits per heavy atom. The first-order valence-electron chi connectivity index (χ1n) is 12.5. The SMILES string of the molecule is O=C(O[C@@H](C(=O)c1c[nH]c2ccccc12)c1ccccc1)c1ccc2c(=O)n3c(nc2c1)CCCCC3. The molecule has 37 heavy (non-hydrogen) atoms. The largest absolute Gasteiger partial charge is 0.445 e. The third-order valence-corrected chi connectivity index (χ3v) is 6.97. The minimum absolute atomic E-state index is 0.0847. The monoisotopic (exact) mass is 491 g/mol. The lowest BCUT2D eigenvalue weighted by atomic mass is 9.99. The summed E-state index contributed by atoms with van der Waals surface area (Å²) in [6.45, 7) is 0.662. The molecule has 5 aromatic rings. The first-order chi connectivity index (χ1) is 18.1. The molecule has 0 saturated heterocycles. The van der Waals surface area contributed by atoms with Crippen molar-refractivity contribution in [1.82, 2.24) is 14.5 Å². The number of hydrogen-bond acceptors (Lipinski definition) is 5. The molecule has 0 bridgehead atoms. The topological polar surface area (TPSA) is 94.0 Å². The molecule has 3 heterocycles. The van der Waals surface area contributed by atoms with Gasteiger partial charge >= 0.3 is 5.97 Å². The zero-order chi connectivity index (χ0) is 25.4. The maximum atomic E-state index is 13.7. The number of ketones is 1. The summed E-state index contributed by atoms with van der Waals surface area (Å²) in [5, 5.41) is 1.23. The van der Waals surface area contributed by atoms with Crippen LogP contribution in [-0.4, -0.2) is 26.3 Å². The number of carbonyl (C=O) groups excluding carboxylic acids is 2. The van der Waals surface area contributed by atoms with Crippen molar-refractivity contribution in [1.29, 1.82) is 0 Å². The van der Waals surface area contributed by atoms with Crippen molar-refractivity contribution < 1.29 is 14.3 Å². The molecule has 0 amide bonds. The fraction of sp³-hybridized carbons (Fsp3) is 0.200. The molecule has 0 radical (unpaired) electrons. The summed E-state index contributed by atoms with van der Waals surface area (Å²) >= 11 is 0. The van der Waals surface area contributed by atoms with Gasteiger partial charge in [0.05, 0.1) is 16.5 Å². The predicted molar refractivity (Wildman–Crippen MR) is 141 cm³/mol. The summed E-state index contributed by atoms with van der Waals surface area (Å²) in [6.07, 6.45) is 4.24. The lowest BCUT2D eigenvalue weighted by Crippen LogP contribution is -2.25. The first kappa shape index (κ1) is 22.9. The maximum Gasteiger partial charge on any atom is 0.339 e. The van der Waals surface area contributed by atoms with Crippen molar-refractivity contribution in [2.75, 3.05) is 0 Å². The van der Waals surface area contributed by atoms with Gasteiger partial charge in [0.15, 0.2) is 6.10 Å². The molecule has 3 aromatic carbocycles. The van der Waals surface area contributed by atoms with E-state index in [-0.39, 0.29) is 16.9 Å². The van der Waals surface area contributed by atoms with Gasteiger partial charge in [-0.2, -0.15) is 0 Å². The van der Waals surface area contributed by atoms with Crippen LogP contribution in [-0.2, 0) is 17.7 Å². The number of rotatable bonds is 5. The summed E-state index contributed by atoms with van der Waals surface area (Å²) in [5.74, 6) is -0.225. The molecule has 0 aliphatic carbocycles. The molecule has 0 fully saturated rings. The van der Waals surface area contributed by atoms with Gasteiger partial charge in [0, 0.05) is 41.2 Å². The van der Waals surface area contributed by atoms with Gasteiger partial charge in [-0.3, -0.25) is 14.2 Å². The summed E-state index contributed by atoms with van der Waals surface area (Å²) < 4.78 is 7.60. The molecule has 0 unspecified atom stereocenters. The Labute approximate surface area is 212 Å². The molecule has 6 rings (SSSR count). The Morgan fingerprint density at radius 3 is 2.59 bits per heavy atom. The van der Waals surface area contributed by atoms with Crippen molar-refractivity contribution in [3.8, 4) is 0 Å². The van der Waals surface area contributed by atoms with Crippen LogP contribution in [0, 0.1) is 0 Å². The minimum Gasteiger partial charge on any atom is -0.445 e. The maximum absolute atomic E-state index is 13.7. The predicted octanol–water partition coefficient (Wildman–Crippen LogP) is 5.39. The molecule has 184 valence electrons. The smallest absolute Gasteiger partial charge is 0.339 e. The molecule has 1 aliphatic rings. The third kappa shape index (κ3) is 4.22. The lowest BCUT2D eigenvalue weighted by Gasteiger charge is -2.17. The third-order valence-electron chi connectivity index (χ3n) is 6.97. The van der Waals surface area contributed by atoms with E-state index in [0.717, 1.165) is 42.4 Å². The van der Waals surface area contributed by atoms with Gasteiger partial charge in [-0.15, -0.1) is 0 Å². The number of Topliss-reactive ketones (excluding diaryl/α,β-unsaturated/α-hetero) is 1. The highest BCUT2D eigenvalue weighted by atomic mass is 16.5. The fourth-order valence-electron chi connectivity index (χ4n) is 5.04. The molecule has 1 aliphatic heterocycles. The number of H-pyrrole nitrogens is 1. The number of nitrogens with one attached hydrogen (secondary N) is 1.